The molecule has 2 aromatic rings. The van der Waals surface area contributed by atoms with E-state index < -0.39 is 0 Å². The van der Waals surface area contributed by atoms with Gasteiger partial charge in [-0.15, -0.1) is 11.8 Å². The van der Waals surface area contributed by atoms with Gasteiger partial charge in [-0.25, -0.2) is 0 Å². The lowest BCUT2D eigenvalue weighted by Crippen LogP contribution is -2.27. The molecule has 0 unspecified atom stereocenters. The Morgan fingerprint density at radius 1 is 1.12 bits per heavy atom. The zero-order valence-corrected chi connectivity index (χ0v) is 15.0. The van der Waals surface area contributed by atoms with Crippen LogP contribution >= 0.6 is 11.8 Å². The number of thioether (sulfide) groups is 1. The molecule has 6 heteroatoms. The molecule has 1 fully saturated rings. The Morgan fingerprint density at radius 2 is 1.85 bits per heavy atom. The zero-order valence-electron chi connectivity index (χ0n) is 14.2. The van der Waals surface area contributed by atoms with Crippen molar-refractivity contribution in [3.05, 3.63) is 65.2 Å². The fourth-order valence-corrected chi connectivity index (χ4v) is 3.19. The standard InChI is InChI=1S/C20H19N3O2S/c21-11-14-5-7-15(8-6-14)12-26-13-19(24)23-18-4-2-1-3-17(18)20(25)22-16-9-10-16/h1-8,16H,9-10,12-13H2,(H,22,25)(H,23,24). The minimum absolute atomic E-state index is 0.143. The van der Waals surface area contributed by atoms with Crippen LogP contribution in [0.25, 0.3) is 0 Å². The molecule has 0 saturated heterocycles. The second-order valence-corrected chi connectivity index (χ2v) is 7.13. The molecule has 26 heavy (non-hydrogen) atoms. The van der Waals surface area contributed by atoms with E-state index in [1.54, 1.807) is 36.4 Å². The highest BCUT2D eigenvalue weighted by molar-refractivity contribution is 7.99. The van der Waals surface area contributed by atoms with Gasteiger partial charge in [-0.2, -0.15) is 5.26 Å². The van der Waals surface area contributed by atoms with E-state index in [1.807, 2.05) is 12.1 Å². The van der Waals surface area contributed by atoms with Gasteiger partial charge in [-0.05, 0) is 42.7 Å². The molecule has 2 amide bonds. The summed E-state index contributed by atoms with van der Waals surface area (Å²) in [5.74, 6) is 0.686. The Kier molecular flexibility index (Phi) is 5.92. The lowest BCUT2D eigenvalue weighted by atomic mass is 10.1. The molecule has 0 spiro atoms. The molecular formula is C20H19N3O2S. The molecule has 2 N–H and O–H groups in total. The van der Waals surface area contributed by atoms with E-state index in [0.29, 0.717) is 28.3 Å². The van der Waals surface area contributed by atoms with Crippen LogP contribution in [0, 0.1) is 11.3 Å². The Hall–Kier alpha value is -2.78. The monoisotopic (exact) mass is 365 g/mol. The van der Waals surface area contributed by atoms with E-state index in [1.165, 1.54) is 11.8 Å². The number of nitriles is 1. The van der Waals surface area contributed by atoms with E-state index in [-0.39, 0.29) is 17.9 Å². The number of carbonyl (C=O) groups excluding carboxylic acids is 2. The van der Waals surface area contributed by atoms with Crippen LogP contribution in [0.1, 0.15) is 34.3 Å². The van der Waals surface area contributed by atoms with Crippen LogP contribution in [0.15, 0.2) is 48.5 Å². The zero-order chi connectivity index (χ0) is 18.4. The first kappa shape index (κ1) is 18.0. The van der Waals surface area contributed by atoms with Crippen molar-refractivity contribution in [3.8, 4) is 6.07 Å². The first-order valence-electron chi connectivity index (χ1n) is 8.42. The number of anilines is 1. The molecule has 1 aliphatic carbocycles. The lowest BCUT2D eigenvalue weighted by Gasteiger charge is -2.11. The molecule has 0 atom stereocenters. The van der Waals surface area contributed by atoms with Crippen molar-refractivity contribution in [2.75, 3.05) is 11.1 Å². The minimum Gasteiger partial charge on any atom is -0.349 e. The lowest BCUT2D eigenvalue weighted by molar-refractivity contribution is -0.113. The summed E-state index contributed by atoms with van der Waals surface area (Å²) in [5.41, 5.74) is 2.71. The highest BCUT2D eigenvalue weighted by Crippen LogP contribution is 2.22. The number of para-hydroxylation sites is 1. The molecule has 1 aliphatic rings. The van der Waals surface area contributed by atoms with Crippen LogP contribution in [0.5, 0.6) is 0 Å². The molecule has 5 nitrogen and oxygen atoms in total. The molecular weight excluding hydrogens is 346 g/mol. The maximum absolute atomic E-state index is 12.3. The summed E-state index contributed by atoms with van der Waals surface area (Å²) in [6.45, 7) is 0. The summed E-state index contributed by atoms with van der Waals surface area (Å²) in [7, 11) is 0. The van der Waals surface area contributed by atoms with Gasteiger partial charge in [0.25, 0.3) is 5.91 Å². The van der Waals surface area contributed by atoms with Crippen molar-refractivity contribution in [1.82, 2.24) is 5.32 Å². The van der Waals surface area contributed by atoms with Gasteiger partial charge < -0.3 is 10.6 Å². The molecule has 0 bridgehead atoms. The van der Waals surface area contributed by atoms with E-state index >= 15 is 0 Å². The van der Waals surface area contributed by atoms with Crippen molar-refractivity contribution < 1.29 is 9.59 Å². The van der Waals surface area contributed by atoms with E-state index in [9.17, 15) is 9.59 Å². The average Bonchev–Trinajstić information content (AvgIpc) is 3.46. The van der Waals surface area contributed by atoms with Gasteiger partial charge in [0.15, 0.2) is 0 Å². The number of hydrogen-bond acceptors (Lipinski definition) is 4. The molecule has 3 rings (SSSR count). The first-order chi connectivity index (χ1) is 12.7. The summed E-state index contributed by atoms with van der Waals surface area (Å²) in [5, 5.41) is 14.6. The minimum atomic E-state index is -0.145. The van der Waals surface area contributed by atoms with Crippen molar-refractivity contribution in [2.45, 2.75) is 24.6 Å². The number of amides is 2. The first-order valence-corrected chi connectivity index (χ1v) is 9.57. The molecule has 132 valence electrons. The fourth-order valence-electron chi connectivity index (χ4n) is 2.40. The SMILES string of the molecule is N#Cc1ccc(CSCC(=O)Nc2ccccc2C(=O)NC2CC2)cc1. The smallest absolute Gasteiger partial charge is 0.253 e. The molecule has 1 saturated carbocycles. The van der Waals surface area contributed by atoms with Crippen LogP contribution in [0.2, 0.25) is 0 Å². The van der Waals surface area contributed by atoms with Crippen molar-refractivity contribution in [1.29, 1.82) is 5.26 Å². The van der Waals surface area contributed by atoms with Crippen molar-refractivity contribution in [2.24, 2.45) is 0 Å². The maximum atomic E-state index is 12.3. The van der Waals surface area contributed by atoms with Crippen LogP contribution in [-0.2, 0) is 10.5 Å². The third kappa shape index (κ3) is 5.11. The Labute approximate surface area is 156 Å². The third-order valence-corrected chi connectivity index (χ3v) is 4.95. The van der Waals surface area contributed by atoms with E-state index in [4.69, 9.17) is 5.26 Å². The summed E-state index contributed by atoms with van der Waals surface area (Å²) in [4.78, 5) is 24.5. The van der Waals surface area contributed by atoms with Gasteiger partial charge in [0.2, 0.25) is 5.91 Å². The number of benzene rings is 2. The second kappa shape index (κ2) is 8.54. The molecule has 0 heterocycles. The largest absolute Gasteiger partial charge is 0.349 e. The topological polar surface area (TPSA) is 82.0 Å². The van der Waals surface area contributed by atoms with Gasteiger partial charge >= 0.3 is 0 Å². The number of carbonyl (C=O) groups is 2. The van der Waals surface area contributed by atoms with Crippen LogP contribution in [-0.4, -0.2) is 23.6 Å². The van der Waals surface area contributed by atoms with Gasteiger partial charge in [0.05, 0.1) is 28.6 Å². The Bertz CT molecular complexity index is 839. The van der Waals surface area contributed by atoms with Gasteiger partial charge in [-0.3, -0.25) is 9.59 Å². The normalized spacial score (nSPS) is 12.9. The van der Waals surface area contributed by atoms with Crippen molar-refractivity contribution >= 4 is 29.3 Å². The van der Waals surface area contributed by atoms with Crippen LogP contribution in [0.4, 0.5) is 5.69 Å². The molecule has 0 radical (unpaired) electrons. The number of hydrogen-bond donors (Lipinski definition) is 2. The summed E-state index contributed by atoms with van der Waals surface area (Å²) < 4.78 is 0. The van der Waals surface area contributed by atoms with Gasteiger partial charge in [0, 0.05) is 11.8 Å². The second-order valence-electron chi connectivity index (χ2n) is 6.14. The molecule has 0 aliphatic heterocycles. The Balaban J connectivity index is 1.51. The fraction of sp³-hybridized carbons (Fsp3) is 0.250. The average molecular weight is 365 g/mol. The van der Waals surface area contributed by atoms with Crippen LogP contribution < -0.4 is 10.6 Å². The van der Waals surface area contributed by atoms with E-state index in [2.05, 4.69) is 16.7 Å². The van der Waals surface area contributed by atoms with Crippen LogP contribution in [0.3, 0.4) is 0 Å². The Morgan fingerprint density at radius 3 is 2.54 bits per heavy atom. The van der Waals surface area contributed by atoms with Gasteiger partial charge in [0.1, 0.15) is 0 Å². The molecule has 2 aromatic carbocycles. The summed E-state index contributed by atoms with van der Waals surface area (Å²) >= 11 is 1.49. The number of nitrogens with one attached hydrogen (secondary N) is 2. The molecule has 0 aromatic heterocycles. The van der Waals surface area contributed by atoms with E-state index in [0.717, 1.165) is 18.4 Å². The summed E-state index contributed by atoms with van der Waals surface area (Å²) in [6.07, 6.45) is 2.04. The van der Waals surface area contributed by atoms with Crippen molar-refractivity contribution in [3.63, 3.8) is 0 Å². The third-order valence-electron chi connectivity index (χ3n) is 3.94. The highest BCUT2D eigenvalue weighted by atomic mass is 32.2. The predicted molar refractivity (Wildman–Crippen MR) is 103 cm³/mol. The number of nitrogens with zero attached hydrogens (tertiary/aromatic N) is 1. The highest BCUT2D eigenvalue weighted by Gasteiger charge is 2.24. The maximum Gasteiger partial charge on any atom is 0.253 e. The number of rotatable bonds is 7. The van der Waals surface area contributed by atoms with Gasteiger partial charge in [-0.1, -0.05) is 24.3 Å². The predicted octanol–water partition coefficient (Wildman–Crippen LogP) is 3.32. The quantitative estimate of drug-likeness (QED) is 0.788. The summed E-state index contributed by atoms with van der Waals surface area (Å²) in [6, 6.07) is 16.7.